The molecule has 3 aromatic heterocycles. The van der Waals surface area contributed by atoms with Crippen molar-refractivity contribution in [3.63, 3.8) is 0 Å². The third-order valence-corrected chi connectivity index (χ3v) is 3.23. The van der Waals surface area contributed by atoms with Crippen molar-refractivity contribution in [2.75, 3.05) is 0 Å². The highest BCUT2D eigenvalue weighted by Gasteiger charge is 2.05. The van der Waals surface area contributed by atoms with Crippen LogP contribution in [0.15, 0.2) is 30.5 Å². The predicted molar refractivity (Wildman–Crippen MR) is 77.4 cm³/mol. The minimum atomic E-state index is 0.743. The molecule has 3 rings (SSSR count). The summed E-state index contributed by atoms with van der Waals surface area (Å²) in [5.74, 6) is 0. The Morgan fingerprint density at radius 2 is 1.95 bits per heavy atom. The van der Waals surface area contributed by atoms with Crippen LogP contribution in [0.25, 0.3) is 11.4 Å². The number of aromatic nitrogens is 5. The van der Waals surface area contributed by atoms with Crippen molar-refractivity contribution in [2.24, 2.45) is 0 Å². The Kier molecular flexibility index (Phi) is 3.10. The first-order valence-electron chi connectivity index (χ1n) is 6.60. The number of pyridine rings is 1. The van der Waals surface area contributed by atoms with E-state index in [1.165, 1.54) is 0 Å². The minimum absolute atomic E-state index is 0.743. The van der Waals surface area contributed by atoms with Gasteiger partial charge in [0, 0.05) is 17.6 Å². The Morgan fingerprint density at radius 1 is 1.10 bits per heavy atom. The van der Waals surface area contributed by atoms with Gasteiger partial charge in [0.1, 0.15) is 5.69 Å². The molecule has 5 nitrogen and oxygen atoms in total. The van der Waals surface area contributed by atoms with Crippen LogP contribution < -0.4 is 0 Å². The molecule has 0 amide bonds. The third kappa shape index (κ3) is 2.47. The van der Waals surface area contributed by atoms with Crippen molar-refractivity contribution < 1.29 is 0 Å². The van der Waals surface area contributed by atoms with Crippen LogP contribution >= 0.6 is 0 Å². The van der Waals surface area contributed by atoms with E-state index in [9.17, 15) is 0 Å². The summed E-state index contributed by atoms with van der Waals surface area (Å²) in [5.41, 5.74) is 6.13. The molecule has 0 spiro atoms. The van der Waals surface area contributed by atoms with Gasteiger partial charge >= 0.3 is 0 Å². The Morgan fingerprint density at radius 3 is 2.50 bits per heavy atom. The van der Waals surface area contributed by atoms with Crippen LogP contribution in [0, 0.1) is 20.8 Å². The highest BCUT2D eigenvalue weighted by Crippen LogP contribution is 2.15. The van der Waals surface area contributed by atoms with Crippen LogP contribution in [0.3, 0.4) is 0 Å². The zero-order valence-electron chi connectivity index (χ0n) is 11.9. The van der Waals surface area contributed by atoms with Crippen molar-refractivity contribution in [3.05, 3.63) is 53.1 Å². The molecule has 0 aliphatic heterocycles. The Hall–Kier alpha value is -2.43. The van der Waals surface area contributed by atoms with E-state index in [4.69, 9.17) is 0 Å². The van der Waals surface area contributed by atoms with Gasteiger partial charge in [-0.2, -0.15) is 10.2 Å². The first-order chi connectivity index (χ1) is 9.61. The summed E-state index contributed by atoms with van der Waals surface area (Å²) in [7, 11) is 0. The van der Waals surface area contributed by atoms with E-state index >= 15 is 0 Å². The van der Waals surface area contributed by atoms with Crippen molar-refractivity contribution >= 4 is 0 Å². The number of nitrogens with zero attached hydrogens (tertiary/aromatic N) is 4. The highest BCUT2D eigenvalue weighted by atomic mass is 15.3. The molecule has 20 heavy (non-hydrogen) atoms. The molecule has 0 aromatic carbocycles. The van der Waals surface area contributed by atoms with Gasteiger partial charge < -0.3 is 0 Å². The molecule has 0 unspecified atom stereocenters. The summed E-state index contributed by atoms with van der Waals surface area (Å²) in [6.45, 7) is 6.79. The standard InChI is InChI=1S/C15H17N5/c1-10-7-15(18-17-10)14-5-4-13(8-16-14)9-20-12(3)6-11(2)19-20/h4-8H,9H2,1-3H3,(H,17,18). The largest absolute Gasteiger partial charge is 0.282 e. The minimum Gasteiger partial charge on any atom is -0.282 e. The summed E-state index contributed by atoms with van der Waals surface area (Å²) in [4.78, 5) is 4.47. The molecule has 3 heterocycles. The second-order valence-electron chi connectivity index (χ2n) is 5.07. The van der Waals surface area contributed by atoms with Gasteiger partial charge in [-0.3, -0.25) is 14.8 Å². The average molecular weight is 267 g/mol. The maximum absolute atomic E-state index is 4.47. The number of aryl methyl sites for hydroxylation is 3. The number of rotatable bonds is 3. The fourth-order valence-electron chi connectivity index (χ4n) is 2.23. The molecular formula is C15H17N5. The van der Waals surface area contributed by atoms with E-state index in [-0.39, 0.29) is 0 Å². The second kappa shape index (κ2) is 4.92. The lowest BCUT2D eigenvalue weighted by Gasteiger charge is -2.04. The normalized spacial score (nSPS) is 10.9. The van der Waals surface area contributed by atoms with Crippen molar-refractivity contribution in [1.82, 2.24) is 25.0 Å². The zero-order valence-corrected chi connectivity index (χ0v) is 11.9. The smallest absolute Gasteiger partial charge is 0.111 e. The molecule has 102 valence electrons. The van der Waals surface area contributed by atoms with Gasteiger partial charge in [-0.05, 0) is 44.5 Å². The Labute approximate surface area is 117 Å². The molecule has 1 N–H and O–H groups in total. The van der Waals surface area contributed by atoms with Gasteiger partial charge in [0.05, 0.1) is 17.9 Å². The Balaban J connectivity index is 1.81. The van der Waals surface area contributed by atoms with Gasteiger partial charge in [0.25, 0.3) is 0 Å². The summed E-state index contributed by atoms with van der Waals surface area (Å²) in [6.07, 6.45) is 1.88. The van der Waals surface area contributed by atoms with Crippen LogP contribution in [0.5, 0.6) is 0 Å². The fraction of sp³-hybridized carbons (Fsp3) is 0.267. The van der Waals surface area contributed by atoms with Crippen LogP contribution in [0.1, 0.15) is 22.6 Å². The number of hydrogen-bond donors (Lipinski definition) is 1. The number of hydrogen-bond acceptors (Lipinski definition) is 3. The number of H-pyrrole nitrogens is 1. The van der Waals surface area contributed by atoms with Gasteiger partial charge in [0.2, 0.25) is 0 Å². The maximum Gasteiger partial charge on any atom is 0.111 e. The van der Waals surface area contributed by atoms with Crippen LogP contribution in [0.4, 0.5) is 0 Å². The van der Waals surface area contributed by atoms with Crippen LogP contribution in [-0.4, -0.2) is 25.0 Å². The van der Waals surface area contributed by atoms with E-state index in [1.54, 1.807) is 0 Å². The molecule has 3 aromatic rings. The molecule has 0 radical (unpaired) electrons. The lowest BCUT2D eigenvalue weighted by atomic mass is 10.2. The van der Waals surface area contributed by atoms with Gasteiger partial charge in [0.15, 0.2) is 0 Å². The number of nitrogens with one attached hydrogen (secondary N) is 1. The zero-order chi connectivity index (χ0) is 14.1. The predicted octanol–water partition coefficient (Wildman–Crippen LogP) is 2.64. The van der Waals surface area contributed by atoms with Crippen LogP contribution in [0.2, 0.25) is 0 Å². The summed E-state index contributed by atoms with van der Waals surface area (Å²) >= 11 is 0. The third-order valence-electron chi connectivity index (χ3n) is 3.23. The monoisotopic (exact) mass is 267 g/mol. The first kappa shape index (κ1) is 12.6. The second-order valence-corrected chi connectivity index (χ2v) is 5.07. The summed E-state index contributed by atoms with van der Waals surface area (Å²) in [6, 6.07) is 8.14. The highest BCUT2D eigenvalue weighted by molar-refractivity contribution is 5.54. The van der Waals surface area contributed by atoms with Gasteiger partial charge in [-0.25, -0.2) is 0 Å². The number of aromatic amines is 1. The molecule has 0 atom stereocenters. The lowest BCUT2D eigenvalue weighted by molar-refractivity contribution is 0.657. The van der Waals surface area contributed by atoms with Crippen molar-refractivity contribution in [2.45, 2.75) is 27.3 Å². The molecule has 0 saturated carbocycles. The van der Waals surface area contributed by atoms with Gasteiger partial charge in [-0.15, -0.1) is 0 Å². The van der Waals surface area contributed by atoms with Crippen LogP contribution in [-0.2, 0) is 6.54 Å². The molecule has 0 aliphatic rings. The molecule has 0 aliphatic carbocycles. The first-order valence-corrected chi connectivity index (χ1v) is 6.60. The quantitative estimate of drug-likeness (QED) is 0.793. The van der Waals surface area contributed by atoms with E-state index in [2.05, 4.69) is 39.3 Å². The van der Waals surface area contributed by atoms with E-state index < -0.39 is 0 Å². The van der Waals surface area contributed by atoms with Crippen molar-refractivity contribution in [3.8, 4) is 11.4 Å². The fourth-order valence-corrected chi connectivity index (χ4v) is 2.23. The molecule has 0 saturated heterocycles. The SMILES string of the molecule is Cc1cc(C)n(Cc2ccc(-c3cc(C)[nH]n3)nc2)n1. The maximum atomic E-state index is 4.47. The van der Waals surface area contributed by atoms with E-state index in [0.29, 0.717) is 0 Å². The van der Waals surface area contributed by atoms with E-state index in [1.807, 2.05) is 36.9 Å². The molecule has 0 fully saturated rings. The topological polar surface area (TPSA) is 59.4 Å². The summed E-state index contributed by atoms with van der Waals surface area (Å²) in [5, 5.41) is 11.6. The Bertz CT molecular complexity index is 721. The van der Waals surface area contributed by atoms with Gasteiger partial charge in [-0.1, -0.05) is 6.07 Å². The average Bonchev–Trinajstić information content (AvgIpc) is 2.97. The molecular weight excluding hydrogens is 250 g/mol. The summed E-state index contributed by atoms with van der Waals surface area (Å²) < 4.78 is 1.99. The lowest BCUT2D eigenvalue weighted by Crippen LogP contribution is -2.04. The van der Waals surface area contributed by atoms with E-state index in [0.717, 1.165) is 40.6 Å². The van der Waals surface area contributed by atoms with Crippen molar-refractivity contribution in [1.29, 1.82) is 0 Å². The molecule has 5 heteroatoms. The molecule has 0 bridgehead atoms.